The van der Waals surface area contributed by atoms with Gasteiger partial charge in [-0.25, -0.2) is 4.79 Å². The van der Waals surface area contributed by atoms with Gasteiger partial charge < -0.3 is 29.5 Å². The van der Waals surface area contributed by atoms with Crippen LogP contribution in [0.5, 0.6) is 0 Å². The van der Waals surface area contributed by atoms with E-state index in [1.54, 1.807) is 17.5 Å². The molecule has 0 aromatic carbocycles. The van der Waals surface area contributed by atoms with E-state index in [0.717, 1.165) is 0 Å². The molecule has 0 saturated carbocycles. The number of carbonyl (C=O) groups is 1. The van der Waals surface area contributed by atoms with E-state index >= 15 is 0 Å². The standard InChI is InChI=1S/C12H16O7S/c1-17-12-10(15)9(14)8(13)6(19-12)5-18-11(16)7-3-2-4-20-7/h2-4,6,8-10,12-15H,5H2,1H3/t6-,8-,9+,10-,12+/m1/s1. The van der Waals surface area contributed by atoms with Crippen molar-refractivity contribution in [3.05, 3.63) is 22.4 Å². The van der Waals surface area contributed by atoms with Crippen LogP contribution in [0.15, 0.2) is 17.5 Å². The Balaban J connectivity index is 1.93. The molecule has 1 saturated heterocycles. The first-order chi connectivity index (χ1) is 9.54. The van der Waals surface area contributed by atoms with Crippen LogP contribution in [-0.2, 0) is 14.2 Å². The zero-order chi connectivity index (χ0) is 14.7. The molecule has 1 aromatic rings. The normalized spacial score (nSPS) is 33.9. The molecule has 1 aliphatic rings. The van der Waals surface area contributed by atoms with E-state index < -0.39 is 36.7 Å². The lowest BCUT2D eigenvalue weighted by molar-refractivity contribution is -0.294. The number of thiophene rings is 1. The fraction of sp³-hybridized carbons (Fsp3) is 0.583. The number of methoxy groups -OCH3 is 1. The molecule has 2 heterocycles. The van der Waals surface area contributed by atoms with Gasteiger partial charge in [0.25, 0.3) is 0 Å². The third kappa shape index (κ3) is 3.17. The molecule has 0 aliphatic carbocycles. The summed E-state index contributed by atoms with van der Waals surface area (Å²) >= 11 is 1.23. The summed E-state index contributed by atoms with van der Waals surface area (Å²) in [5, 5.41) is 30.8. The second kappa shape index (κ2) is 6.61. The Bertz CT molecular complexity index is 433. The summed E-state index contributed by atoms with van der Waals surface area (Å²) < 4.78 is 15.1. The Kier molecular flexibility index (Phi) is 5.08. The highest BCUT2D eigenvalue weighted by Crippen LogP contribution is 2.22. The topological polar surface area (TPSA) is 105 Å². The molecule has 5 atom stereocenters. The van der Waals surface area contributed by atoms with E-state index in [2.05, 4.69) is 0 Å². The minimum absolute atomic E-state index is 0.248. The maximum atomic E-state index is 11.7. The van der Waals surface area contributed by atoms with Crippen molar-refractivity contribution < 1.29 is 34.3 Å². The van der Waals surface area contributed by atoms with E-state index in [4.69, 9.17) is 14.2 Å². The zero-order valence-electron chi connectivity index (χ0n) is 10.7. The third-order valence-corrected chi connectivity index (χ3v) is 3.85. The Labute approximate surface area is 119 Å². The average molecular weight is 304 g/mol. The Hall–Kier alpha value is -1.03. The van der Waals surface area contributed by atoms with Crippen molar-refractivity contribution in [3.8, 4) is 0 Å². The molecule has 20 heavy (non-hydrogen) atoms. The Morgan fingerprint density at radius 1 is 1.35 bits per heavy atom. The summed E-state index contributed by atoms with van der Waals surface area (Å²) in [6.45, 7) is -0.248. The number of hydrogen-bond donors (Lipinski definition) is 3. The molecule has 112 valence electrons. The summed E-state index contributed by atoms with van der Waals surface area (Å²) in [7, 11) is 1.30. The molecule has 2 rings (SSSR count). The molecule has 0 unspecified atom stereocenters. The smallest absolute Gasteiger partial charge is 0.348 e. The van der Waals surface area contributed by atoms with Crippen LogP contribution in [0.3, 0.4) is 0 Å². The Morgan fingerprint density at radius 2 is 2.10 bits per heavy atom. The fourth-order valence-electron chi connectivity index (χ4n) is 1.87. The van der Waals surface area contributed by atoms with Crippen molar-refractivity contribution in [1.29, 1.82) is 0 Å². The van der Waals surface area contributed by atoms with Crippen LogP contribution in [0, 0.1) is 0 Å². The lowest BCUT2D eigenvalue weighted by Crippen LogP contribution is -2.59. The molecule has 1 aromatic heterocycles. The summed E-state index contributed by atoms with van der Waals surface area (Å²) in [5.74, 6) is -0.537. The van der Waals surface area contributed by atoms with Gasteiger partial charge in [-0.05, 0) is 11.4 Å². The second-order valence-electron chi connectivity index (χ2n) is 4.33. The molecule has 0 radical (unpaired) electrons. The molecule has 0 spiro atoms. The van der Waals surface area contributed by atoms with Gasteiger partial charge in [0.2, 0.25) is 0 Å². The quantitative estimate of drug-likeness (QED) is 0.635. The van der Waals surface area contributed by atoms with Gasteiger partial charge in [0.1, 0.15) is 35.9 Å². The van der Waals surface area contributed by atoms with Crippen LogP contribution in [0.1, 0.15) is 9.67 Å². The van der Waals surface area contributed by atoms with Crippen molar-refractivity contribution in [2.75, 3.05) is 13.7 Å². The summed E-state index contributed by atoms with van der Waals surface area (Å²) in [6.07, 6.45) is -6.22. The van der Waals surface area contributed by atoms with Crippen LogP contribution < -0.4 is 0 Å². The molecule has 1 aliphatic heterocycles. The lowest BCUT2D eigenvalue weighted by Gasteiger charge is -2.39. The number of rotatable bonds is 4. The van der Waals surface area contributed by atoms with Crippen LogP contribution >= 0.6 is 11.3 Å². The summed E-state index contributed by atoms with van der Waals surface area (Å²) in [5.41, 5.74) is 0. The van der Waals surface area contributed by atoms with E-state index in [0.29, 0.717) is 4.88 Å². The monoisotopic (exact) mass is 304 g/mol. The molecular formula is C12H16O7S. The van der Waals surface area contributed by atoms with Crippen LogP contribution in [0.4, 0.5) is 0 Å². The predicted molar refractivity (Wildman–Crippen MR) is 68.3 cm³/mol. The summed E-state index contributed by atoms with van der Waals surface area (Å²) in [6, 6.07) is 3.33. The maximum absolute atomic E-state index is 11.7. The average Bonchev–Trinajstić information content (AvgIpc) is 2.98. The first-order valence-corrected chi connectivity index (χ1v) is 6.85. The van der Waals surface area contributed by atoms with E-state index in [9.17, 15) is 20.1 Å². The molecule has 0 amide bonds. The van der Waals surface area contributed by atoms with Gasteiger partial charge in [0, 0.05) is 7.11 Å². The number of aliphatic hydroxyl groups excluding tert-OH is 3. The molecule has 7 nitrogen and oxygen atoms in total. The highest BCUT2D eigenvalue weighted by atomic mass is 32.1. The minimum Gasteiger partial charge on any atom is -0.459 e. The number of carbonyl (C=O) groups excluding carboxylic acids is 1. The Morgan fingerprint density at radius 3 is 2.70 bits per heavy atom. The van der Waals surface area contributed by atoms with Crippen LogP contribution in [0.2, 0.25) is 0 Å². The van der Waals surface area contributed by atoms with Gasteiger partial charge in [-0.1, -0.05) is 6.07 Å². The van der Waals surface area contributed by atoms with Crippen LogP contribution in [0.25, 0.3) is 0 Å². The SMILES string of the molecule is CO[C@H]1O[C@H](COC(=O)c2cccs2)[C@@H](O)[C@H](O)[C@H]1O. The van der Waals surface area contributed by atoms with Gasteiger partial charge in [-0.2, -0.15) is 0 Å². The molecule has 0 bridgehead atoms. The predicted octanol–water partition coefficient (Wildman–Crippen LogP) is -0.641. The van der Waals surface area contributed by atoms with Crippen molar-refractivity contribution in [2.24, 2.45) is 0 Å². The minimum atomic E-state index is -1.43. The molecule has 1 fully saturated rings. The van der Waals surface area contributed by atoms with Crippen molar-refractivity contribution in [2.45, 2.75) is 30.7 Å². The zero-order valence-corrected chi connectivity index (χ0v) is 11.5. The van der Waals surface area contributed by atoms with Crippen molar-refractivity contribution in [1.82, 2.24) is 0 Å². The fourth-order valence-corrected chi connectivity index (χ4v) is 2.49. The third-order valence-electron chi connectivity index (χ3n) is 3.00. The highest BCUT2D eigenvalue weighted by molar-refractivity contribution is 7.11. The van der Waals surface area contributed by atoms with Gasteiger partial charge >= 0.3 is 5.97 Å². The summed E-state index contributed by atoms with van der Waals surface area (Å²) in [4.78, 5) is 12.1. The first kappa shape index (κ1) is 15.4. The lowest BCUT2D eigenvalue weighted by atomic mass is 9.99. The molecular weight excluding hydrogens is 288 g/mol. The number of esters is 1. The van der Waals surface area contributed by atoms with Crippen molar-refractivity contribution >= 4 is 17.3 Å². The van der Waals surface area contributed by atoms with E-state index in [1.807, 2.05) is 0 Å². The molecule has 3 N–H and O–H groups in total. The largest absolute Gasteiger partial charge is 0.459 e. The maximum Gasteiger partial charge on any atom is 0.348 e. The van der Waals surface area contributed by atoms with Crippen molar-refractivity contribution in [3.63, 3.8) is 0 Å². The second-order valence-corrected chi connectivity index (χ2v) is 5.27. The first-order valence-electron chi connectivity index (χ1n) is 5.97. The number of hydrogen-bond acceptors (Lipinski definition) is 8. The number of ether oxygens (including phenoxy) is 3. The van der Waals surface area contributed by atoms with Crippen LogP contribution in [-0.4, -0.2) is 65.7 Å². The highest BCUT2D eigenvalue weighted by Gasteiger charge is 2.44. The number of aliphatic hydroxyl groups is 3. The molecule has 8 heteroatoms. The van der Waals surface area contributed by atoms with E-state index in [-0.39, 0.29) is 6.61 Å². The van der Waals surface area contributed by atoms with Gasteiger partial charge in [-0.15, -0.1) is 11.3 Å². The van der Waals surface area contributed by atoms with Gasteiger partial charge in [0.05, 0.1) is 0 Å². The van der Waals surface area contributed by atoms with Gasteiger partial charge in [0.15, 0.2) is 6.29 Å². The van der Waals surface area contributed by atoms with Gasteiger partial charge in [-0.3, -0.25) is 0 Å². The van der Waals surface area contributed by atoms with E-state index in [1.165, 1.54) is 18.4 Å².